The number of nitrogens with one attached hydrogen (secondary N) is 1. The number of amides is 1. The predicted molar refractivity (Wildman–Crippen MR) is 105 cm³/mol. The fourth-order valence-corrected chi connectivity index (χ4v) is 2.47. The first kappa shape index (κ1) is 22.0. The molecule has 0 heterocycles. The molecule has 0 aromatic heterocycles. The molecule has 9 nitrogen and oxygen atoms in total. The number of nitro groups is 1. The minimum absolute atomic E-state index is 0.00344. The van der Waals surface area contributed by atoms with E-state index in [0.717, 1.165) is 6.07 Å². The van der Waals surface area contributed by atoms with Crippen LogP contribution in [-0.4, -0.2) is 36.6 Å². The molecule has 2 rings (SSSR count). The molecule has 0 fully saturated rings. The fourth-order valence-electron chi connectivity index (χ4n) is 2.25. The second kappa shape index (κ2) is 10.3. The molecule has 29 heavy (non-hydrogen) atoms. The number of esters is 1. The number of carbonyl (C=O) groups is 2. The maximum absolute atomic E-state index is 12.2. The van der Waals surface area contributed by atoms with Crippen molar-refractivity contribution in [1.82, 2.24) is 0 Å². The lowest BCUT2D eigenvalue weighted by molar-refractivity contribution is -0.384. The summed E-state index contributed by atoms with van der Waals surface area (Å²) in [6.07, 6.45) is -1.17. The highest BCUT2D eigenvalue weighted by atomic mass is 35.5. The second-order valence-corrected chi connectivity index (χ2v) is 6.20. The van der Waals surface area contributed by atoms with Crippen LogP contribution in [0.25, 0.3) is 0 Å². The standard InChI is InChI=1S/C19H19ClN2O7/c1-12(19(24)21-15-8-7-13(22(25)26)11-14(15)20)29-18(23)9-10-28-17-6-4-3-5-16(17)27-2/h3-8,11-12H,9-10H2,1-2H3,(H,21,24). The van der Waals surface area contributed by atoms with E-state index in [-0.39, 0.29) is 29.4 Å². The predicted octanol–water partition coefficient (Wildman–Crippen LogP) is 3.60. The summed E-state index contributed by atoms with van der Waals surface area (Å²) in [6, 6.07) is 10.6. The zero-order chi connectivity index (χ0) is 21.4. The van der Waals surface area contributed by atoms with Gasteiger partial charge in [-0.1, -0.05) is 23.7 Å². The van der Waals surface area contributed by atoms with E-state index in [1.807, 2.05) is 0 Å². The van der Waals surface area contributed by atoms with Crippen molar-refractivity contribution in [1.29, 1.82) is 0 Å². The number of anilines is 1. The number of para-hydroxylation sites is 2. The molecule has 1 amide bonds. The van der Waals surface area contributed by atoms with Gasteiger partial charge in [-0.2, -0.15) is 0 Å². The maximum atomic E-state index is 12.2. The highest BCUT2D eigenvalue weighted by molar-refractivity contribution is 6.34. The van der Waals surface area contributed by atoms with Gasteiger partial charge in [0.1, 0.15) is 0 Å². The summed E-state index contributed by atoms with van der Waals surface area (Å²) in [5.74, 6) is -0.230. The van der Waals surface area contributed by atoms with Crippen molar-refractivity contribution in [2.75, 3.05) is 19.0 Å². The first-order valence-corrected chi connectivity index (χ1v) is 8.89. The second-order valence-electron chi connectivity index (χ2n) is 5.79. The van der Waals surface area contributed by atoms with Gasteiger partial charge in [-0.25, -0.2) is 0 Å². The van der Waals surface area contributed by atoms with Crippen LogP contribution in [0.4, 0.5) is 11.4 Å². The minimum Gasteiger partial charge on any atom is -0.493 e. The number of nitro benzene ring substituents is 1. The molecule has 10 heteroatoms. The Balaban J connectivity index is 1.83. The Morgan fingerprint density at radius 1 is 1.21 bits per heavy atom. The molecule has 0 aliphatic heterocycles. The van der Waals surface area contributed by atoms with Crippen LogP contribution in [0.2, 0.25) is 5.02 Å². The summed E-state index contributed by atoms with van der Waals surface area (Å²) in [7, 11) is 1.51. The molecule has 2 aromatic rings. The van der Waals surface area contributed by atoms with Crippen LogP contribution in [0, 0.1) is 10.1 Å². The molecule has 2 aromatic carbocycles. The topological polar surface area (TPSA) is 117 Å². The molecule has 0 saturated heterocycles. The lowest BCUT2D eigenvalue weighted by Gasteiger charge is -2.15. The van der Waals surface area contributed by atoms with Crippen LogP contribution in [0.3, 0.4) is 0 Å². The van der Waals surface area contributed by atoms with Gasteiger partial charge in [-0.05, 0) is 25.1 Å². The third kappa shape index (κ3) is 6.35. The van der Waals surface area contributed by atoms with Crippen LogP contribution in [0.1, 0.15) is 13.3 Å². The Labute approximate surface area is 171 Å². The number of hydrogen-bond acceptors (Lipinski definition) is 7. The Hall–Kier alpha value is -3.33. The van der Waals surface area contributed by atoms with Crippen molar-refractivity contribution >= 4 is 34.9 Å². The Kier molecular flexibility index (Phi) is 7.79. The van der Waals surface area contributed by atoms with Gasteiger partial charge in [0.25, 0.3) is 11.6 Å². The number of benzene rings is 2. The highest BCUT2D eigenvalue weighted by Crippen LogP contribution is 2.27. The maximum Gasteiger partial charge on any atom is 0.310 e. The Morgan fingerprint density at radius 3 is 2.52 bits per heavy atom. The van der Waals surface area contributed by atoms with E-state index < -0.39 is 22.9 Å². The van der Waals surface area contributed by atoms with Crippen LogP contribution in [-0.2, 0) is 14.3 Å². The number of nitrogens with zero attached hydrogens (tertiary/aromatic N) is 1. The molecule has 154 valence electrons. The van der Waals surface area contributed by atoms with Crippen LogP contribution in [0.5, 0.6) is 11.5 Å². The van der Waals surface area contributed by atoms with Gasteiger partial charge in [-0.3, -0.25) is 19.7 Å². The molecule has 1 atom stereocenters. The number of non-ortho nitro benzene ring substituents is 1. The summed E-state index contributed by atoms with van der Waals surface area (Å²) in [6.45, 7) is 1.44. The van der Waals surface area contributed by atoms with Gasteiger partial charge in [-0.15, -0.1) is 0 Å². The normalized spacial score (nSPS) is 11.3. The summed E-state index contributed by atoms with van der Waals surface area (Å²) < 4.78 is 15.7. The van der Waals surface area contributed by atoms with Crippen molar-refractivity contribution in [2.24, 2.45) is 0 Å². The molecule has 0 aliphatic carbocycles. The van der Waals surface area contributed by atoms with Gasteiger partial charge < -0.3 is 19.5 Å². The summed E-state index contributed by atoms with van der Waals surface area (Å²) in [5.41, 5.74) is -0.0350. The van der Waals surface area contributed by atoms with Crippen molar-refractivity contribution in [3.63, 3.8) is 0 Å². The van der Waals surface area contributed by atoms with E-state index in [4.69, 9.17) is 25.8 Å². The van der Waals surface area contributed by atoms with Gasteiger partial charge in [0.05, 0.1) is 35.8 Å². The summed E-state index contributed by atoms with van der Waals surface area (Å²) in [4.78, 5) is 34.2. The molecule has 1 N–H and O–H groups in total. The van der Waals surface area contributed by atoms with E-state index >= 15 is 0 Å². The van der Waals surface area contributed by atoms with E-state index in [0.29, 0.717) is 11.5 Å². The van der Waals surface area contributed by atoms with Crippen molar-refractivity contribution in [3.05, 3.63) is 57.6 Å². The third-order valence-electron chi connectivity index (χ3n) is 3.73. The average molecular weight is 423 g/mol. The van der Waals surface area contributed by atoms with E-state index in [1.165, 1.54) is 26.2 Å². The first-order chi connectivity index (χ1) is 13.8. The Morgan fingerprint density at radius 2 is 1.90 bits per heavy atom. The monoisotopic (exact) mass is 422 g/mol. The van der Waals surface area contributed by atoms with Gasteiger partial charge in [0.2, 0.25) is 0 Å². The SMILES string of the molecule is COc1ccccc1OCCC(=O)OC(C)C(=O)Nc1ccc([N+](=O)[O-])cc1Cl. The summed E-state index contributed by atoms with van der Waals surface area (Å²) in [5, 5.41) is 13.2. The van der Waals surface area contributed by atoms with Gasteiger partial charge >= 0.3 is 5.97 Å². The molecule has 0 spiro atoms. The smallest absolute Gasteiger partial charge is 0.310 e. The van der Waals surface area contributed by atoms with Gasteiger partial charge in [0.15, 0.2) is 17.6 Å². The number of hydrogen-bond donors (Lipinski definition) is 1. The number of methoxy groups -OCH3 is 1. The van der Waals surface area contributed by atoms with Crippen molar-refractivity contribution in [3.8, 4) is 11.5 Å². The van der Waals surface area contributed by atoms with Crippen molar-refractivity contribution in [2.45, 2.75) is 19.4 Å². The zero-order valence-electron chi connectivity index (χ0n) is 15.7. The quantitative estimate of drug-likeness (QED) is 0.372. The fraction of sp³-hybridized carbons (Fsp3) is 0.263. The Bertz CT molecular complexity index is 904. The van der Waals surface area contributed by atoms with Crippen LogP contribution >= 0.6 is 11.6 Å². The molecule has 0 saturated carbocycles. The molecule has 1 unspecified atom stereocenters. The minimum atomic E-state index is -1.10. The molecular formula is C19H19ClN2O7. The molecular weight excluding hydrogens is 404 g/mol. The number of rotatable bonds is 9. The first-order valence-electron chi connectivity index (χ1n) is 8.52. The molecule has 0 aliphatic rings. The van der Waals surface area contributed by atoms with E-state index in [1.54, 1.807) is 24.3 Å². The lowest BCUT2D eigenvalue weighted by Crippen LogP contribution is -2.30. The largest absolute Gasteiger partial charge is 0.493 e. The molecule has 0 radical (unpaired) electrons. The van der Waals surface area contributed by atoms with Crippen LogP contribution < -0.4 is 14.8 Å². The number of carbonyl (C=O) groups excluding carboxylic acids is 2. The number of ether oxygens (including phenoxy) is 3. The van der Waals surface area contributed by atoms with E-state index in [2.05, 4.69) is 5.32 Å². The van der Waals surface area contributed by atoms with Gasteiger partial charge in [0, 0.05) is 12.1 Å². The average Bonchev–Trinajstić information content (AvgIpc) is 2.69. The van der Waals surface area contributed by atoms with Crippen LogP contribution in [0.15, 0.2) is 42.5 Å². The third-order valence-corrected chi connectivity index (χ3v) is 4.04. The lowest BCUT2D eigenvalue weighted by atomic mass is 10.2. The summed E-state index contributed by atoms with van der Waals surface area (Å²) >= 11 is 5.93. The zero-order valence-corrected chi connectivity index (χ0v) is 16.5. The molecule has 0 bridgehead atoms. The number of halogens is 1. The van der Waals surface area contributed by atoms with Crippen molar-refractivity contribution < 1.29 is 28.7 Å². The van der Waals surface area contributed by atoms with E-state index in [9.17, 15) is 19.7 Å². The highest BCUT2D eigenvalue weighted by Gasteiger charge is 2.20.